The summed E-state index contributed by atoms with van der Waals surface area (Å²) in [6, 6.07) is 0. The van der Waals surface area contributed by atoms with Gasteiger partial charge >= 0.3 is 0 Å². The van der Waals surface area contributed by atoms with Crippen molar-refractivity contribution in [1.82, 2.24) is 29.7 Å². The smallest absolute Gasteiger partial charge is 0.163 e. The molecule has 0 radical (unpaired) electrons. The van der Waals surface area contributed by atoms with Gasteiger partial charge in [-0.2, -0.15) is 5.10 Å². The van der Waals surface area contributed by atoms with E-state index < -0.39 is 0 Å². The highest BCUT2D eigenvalue weighted by molar-refractivity contribution is 5.97. The molecular formula is C11H11N7. The Hall–Kier alpha value is -2.57. The lowest BCUT2D eigenvalue weighted by Crippen LogP contribution is -1.95. The maximum Gasteiger partial charge on any atom is 0.163 e. The van der Waals surface area contributed by atoms with E-state index in [9.17, 15) is 0 Å². The molecule has 0 amide bonds. The molecule has 0 aliphatic heterocycles. The molecule has 0 fully saturated rings. The van der Waals surface area contributed by atoms with Gasteiger partial charge in [0.2, 0.25) is 0 Å². The Labute approximate surface area is 103 Å². The van der Waals surface area contributed by atoms with Crippen LogP contribution in [0.1, 0.15) is 5.82 Å². The molecule has 0 aliphatic carbocycles. The number of anilines is 1. The summed E-state index contributed by atoms with van der Waals surface area (Å²) in [5.74, 6) is 1.12. The van der Waals surface area contributed by atoms with E-state index in [-0.39, 0.29) is 0 Å². The number of fused-ring (bicyclic) bond motifs is 1. The molecule has 2 N–H and O–H groups in total. The van der Waals surface area contributed by atoms with E-state index in [0.29, 0.717) is 23.0 Å². The summed E-state index contributed by atoms with van der Waals surface area (Å²) < 4.78 is 1.67. The van der Waals surface area contributed by atoms with E-state index in [1.54, 1.807) is 17.1 Å². The van der Waals surface area contributed by atoms with Gasteiger partial charge in [-0.25, -0.2) is 24.6 Å². The first-order valence-corrected chi connectivity index (χ1v) is 5.39. The number of nitrogens with zero attached hydrogens (tertiary/aromatic N) is 6. The average Bonchev–Trinajstić information content (AvgIpc) is 2.70. The number of hydrogen-bond donors (Lipinski definition) is 1. The molecule has 0 aliphatic rings. The van der Waals surface area contributed by atoms with Crippen LogP contribution in [-0.2, 0) is 7.05 Å². The molecule has 7 heteroatoms. The van der Waals surface area contributed by atoms with Gasteiger partial charge in [-0.1, -0.05) is 0 Å². The van der Waals surface area contributed by atoms with Crippen molar-refractivity contribution >= 4 is 16.9 Å². The molecule has 3 aromatic heterocycles. The number of nitrogens with two attached hydrogens (primary N) is 1. The summed E-state index contributed by atoms with van der Waals surface area (Å²) in [6.07, 6.45) is 4.86. The Kier molecular flexibility index (Phi) is 2.19. The van der Waals surface area contributed by atoms with Crippen molar-refractivity contribution in [3.05, 3.63) is 24.5 Å². The van der Waals surface area contributed by atoms with Gasteiger partial charge in [0.25, 0.3) is 0 Å². The summed E-state index contributed by atoms with van der Waals surface area (Å²) >= 11 is 0. The monoisotopic (exact) mass is 241 g/mol. The molecule has 7 nitrogen and oxygen atoms in total. The summed E-state index contributed by atoms with van der Waals surface area (Å²) in [7, 11) is 1.81. The fourth-order valence-corrected chi connectivity index (χ4v) is 1.83. The van der Waals surface area contributed by atoms with Gasteiger partial charge in [0.15, 0.2) is 5.65 Å². The Morgan fingerprint density at radius 3 is 2.56 bits per heavy atom. The second kappa shape index (κ2) is 3.73. The minimum atomic E-state index is 0.406. The normalized spacial score (nSPS) is 11.0. The topological polar surface area (TPSA) is 95.4 Å². The van der Waals surface area contributed by atoms with Crippen LogP contribution >= 0.6 is 0 Å². The minimum Gasteiger partial charge on any atom is -0.383 e. The van der Waals surface area contributed by atoms with Crippen LogP contribution in [0.4, 0.5) is 5.82 Å². The van der Waals surface area contributed by atoms with Crippen molar-refractivity contribution in [2.24, 2.45) is 7.05 Å². The van der Waals surface area contributed by atoms with Crippen molar-refractivity contribution in [3.8, 4) is 11.3 Å². The lowest BCUT2D eigenvalue weighted by atomic mass is 10.2. The Morgan fingerprint density at radius 1 is 1.11 bits per heavy atom. The second-order valence-corrected chi connectivity index (χ2v) is 3.95. The molecule has 0 bridgehead atoms. The van der Waals surface area contributed by atoms with Crippen molar-refractivity contribution < 1.29 is 0 Å². The van der Waals surface area contributed by atoms with Gasteiger partial charge in [0.1, 0.15) is 23.7 Å². The summed E-state index contributed by atoms with van der Waals surface area (Å²) in [4.78, 5) is 16.5. The third-order valence-electron chi connectivity index (χ3n) is 2.70. The summed E-state index contributed by atoms with van der Waals surface area (Å²) in [6.45, 7) is 1.83. The highest BCUT2D eigenvalue weighted by Gasteiger charge is 2.15. The van der Waals surface area contributed by atoms with Crippen LogP contribution in [-0.4, -0.2) is 29.7 Å². The maximum atomic E-state index is 5.89. The van der Waals surface area contributed by atoms with E-state index >= 15 is 0 Å². The van der Waals surface area contributed by atoms with Gasteiger partial charge in [0.05, 0.1) is 5.39 Å². The average molecular weight is 241 g/mol. The maximum absolute atomic E-state index is 5.89. The summed E-state index contributed by atoms with van der Waals surface area (Å²) in [5, 5.41) is 5.13. The van der Waals surface area contributed by atoms with Crippen molar-refractivity contribution in [2.45, 2.75) is 6.92 Å². The van der Waals surface area contributed by atoms with E-state index in [1.165, 1.54) is 6.33 Å². The van der Waals surface area contributed by atoms with Gasteiger partial charge in [-0.05, 0) is 6.92 Å². The van der Waals surface area contributed by atoms with Crippen LogP contribution in [0.5, 0.6) is 0 Å². The Morgan fingerprint density at radius 2 is 1.83 bits per heavy atom. The third kappa shape index (κ3) is 1.48. The minimum absolute atomic E-state index is 0.406. The zero-order valence-corrected chi connectivity index (χ0v) is 9.99. The van der Waals surface area contributed by atoms with E-state index in [1.807, 2.05) is 14.0 Å². The molecule has 3 aromatic rings. The quantitative estimate of drug-likeness (QED) is 0.674. The van der Waals surface area contributed by atoms with Gasteiger partial charge < -0.3 is 5.73 Å². The van der Waals surface area contributed by atoms with Gasteiger partial charge in [-0.3, -0.25) is 0 Å². The lowest BCUT2D eigenvalue weighted by molar-refractivity contribution is 0.788. The first kappa shape index (κ1) is 10.6. The molecule has 0 saturated heterocycles. The highest BCUT2D eigenvalue weighted by Crippen LogP contribution is 2.28. The zero-order valence-electron chi connectivity index (χ0n) is 9.99. The standard InChI is InChI=1S/C11H11N7/c1-6-13-3-7(4-14-6)9-8-10(12)15-5-16-11(8)18(2)17-9/h3-5H,1-2H3,(H2,12,15,16). The highest BCUT2D eigenvalue weighted by atomic mass is 15.3. The van der Waals surface area contributed by atoms with Crippen LogP contribution in [0.3, 0.4) is 0 Å². The molecular weight excluding hydrogens is 230 g/mol. The predicted molar refractivity (Wildman–Crippen MR) is 66.5 cm³/mol. The molecule has 0 atom stereocenters. The molecule has 0 unspecified atom stereocenters. The van der Waals surface area contributed by atoms with Crippen molar-refractivity contribution in [3.63, 3.8) is 0 Å². The van der Waals surface area contributed by atoms with Crippen LogP contribution in [0, 0.1) is 6.92 Å². The molecule has 18 heavy (non-hydrogen) atoms. The molecule has 0 aromatic carbocycles. The molecule has 0 spiro atoms. The fraction of sp³-hybridized carbons (Fsp3) is 0.182. The molecule has 0 saturated carbocycles. The van der Waals surface area contributed by atoms with E-state index in [4.69, 9.17) is 5.73 Å². The van der Waals surface area contributed by atoms with Crippen LogP contribution in [0.15, 0.2) is 18.7 Å². The van der Waals surface area contributed by atoms with Gasteiger partial charge in [-0.15, -0.1) is 0 Å². The van der Waals surface area contributed by atoms with Crippen LogP contribution in [0.2, 0.25) is 0 Å². The number of nitrogen functional groups attached to an aromatic ring is 1. The first-order chi connectivity index (χ1) is 8.66. The van der Waals surface area contributed by atoms with Crippen molar-refractivity contribution in [1.29, 1.82) is 0 Å². The predicted octanol–water partition coefficient (Wildman–Crippen LogP) is 0.711. The number of rotatable bonds is 1. The number of hydrogen-bond acceptors (Lipinski definition) is 6. The third-order valence-corrected chi connectivity index (χ3v) is 2.70. The van der Waals surface area contributed by atoms with E-state index in [2.05, 4.69) is 25.0 Å². The SMILES string of the molecule is Cc1ncc(-c2nn(C)c3ncnc(N)c23)cn1. The van der Waals surface area contributed by atoms with Gasteiger partial charge in [0, 0.05) is 25.0 Å². The lowest BCUT2D eigenvalue weighted by Gasteiger charge is -1.98. The summed E-state index contributed by atoms with van der Waals surface area (Å²) in [5.41, 5.74) is 8.08. The molecule has 3 heterocycles. The number of aryl methyl sites for hydroxylation is 2. The van der Waals surface area contributed by atoms with Crippen molar-refractivity contribution in [2.75, 3.05) is 5.73 Å². The Balaban J connectivity index is 2.32. The molecule has 3 rings (SSSR count). The largest absolute Gasteiger partial charge is 0.383 e. The fourth-order valence-electron chi connectivity index (χ4n) is 1.83. The zero-order chi connectivity index (χ0) is 12.7. The number of aromatic nitrogens is 6. The second-order valence-electron chi connectivity index (χ2n) is 3.95. The molecule has 90 valence electrons. The first-order valence-electron chi connectivity index (χ1n) is 5.39. The Bertz CT molecular complexity index is 714. The van der Waals surface area contributed by atoms with Crippen LogP contribution in [0.25, 0.3) is 22.3 Å². The van der Waals surface area contributed by atoms with E-state index in [0.717, 1.165) is 10.9 Å². The van der Waals surface area contributed by atoms with Crippen LogP contribution < -0.4 is 5.73 Å².